The molecule has 8 aromatic carbocycles. The van der Waals surface area contributed by atoms with Crippen molar-refractivity contribution in [3.63, 3.8) is 0 Å². The largest absolute Gasteiger partial charge is 0.379 e. The van der Waals surface area contributed by atoms with Crippen LogP contribution in [0.3, 0.4) is 0 Å². The molecule has 1 aliphatic heterocycles. The molecule has 0 unspecified atom stereocenters. The normalized spacial score (nSPS) is 12.8. The van der Waals surface area contributed by atoms with E-state index in [9.17, 15) is 0 Å². The van der Waals surface area contributed by atoms with E-state index in [1.807, 2.05) is 0 Å². The van der Waals surface area contributed by atoms with Gasteiger partial charge in [0.2, 0.25) is 0 Å². The maximum Gasteiger partial charge on any atom is 0.332 e. The van der Waals surface area contributed by atoms with E-state index in [0.717, 1.165) is 47.0 Å². The molecule has 2 aliphatic rings. The summed E-state index contributed by atoms with van der Waals surface area (Å²) in [6.45, 7) is 2.22. The summed E-state index contributed by atoms with van der Waals surface area (Å²) in [6.07, 6.45) is 6.75. The summed E-state index contributed by atoms with van der Waals surface area (Å²) >= 11 is 0. The Labute approximate surface area is 350 Å². The van der Waals surface area contributed by atoms with Gasteiger partial charge in [0, 0.05) is 72.7 Å². The highest BCUT2D eigenvalue weighted by Gasteiger charge is 2.38. The lowest BCUT2D eigenvalue weighted by Gasteiger charge is -2.32. The fraction of sp³-hybridized carbons (Fsp3) is 0.0545. The number of nitrogens with zero attached hydrogens (tertiary/aromatic N) is 4. The molecule has 5 heteroatoms. The third kappa shape index (κ3) is 5.25. The second-order valence-corrected chi connectivity index (χ2v) is 16.1. The number of hydrogen-bond acceptors (Lipinski definition) is 2. The zero-order valence-electron chi connectivity index (χ0n) is 33.4. The molecule has 4 nitrogen and oxygen atoms in total. The second-order valence-electron chi connectivity index (χ2n) is 16.1. The highest BCUT2D eigenvalue weighted by Crippen LogP contribution is 2.44. The lowest BCUT2D eigenvalue weighted by atomic mass is 9.48. The Morgan fingerprint density at radius 1 is 0.467 bits per heavy atom. The van der Waals surface area contributed by atoms with Crippen molar-refractivity contribution >= 4 is 90.7 Å². The Balaban J connectivity index is 1.22. The molecule has 12 rings (SSSR count). The third-order valence-corrected chi connectivity index (χ3v) is 12.7. The minimum Gasteiger partial charge on any atom is -0.379 e. The molecule has 2 aromatic heterocycles. The van der Waals surface area contributed by atoms with Gasteiger partial charge in [0.25, 0.3) is 0 Å². The number of aromatic nitrogens is 2. The van der Waals surface area contributed by atoms with Crippen LogP contribution in [0.5, 0.6) is 0 Å². The monoisotopic (exact) mass is 768 g/mol. The van der Waals surface area contributed by atoms with Crippen LogP contribution in [-0.4, -0.2) is 15.9 Å². The Hall–Kier alpha value is -7.50. The van der Waals surface area contributed by atoms with Gasteiger partial charge in [-0.3, -0.25) is 0 Å². The molecule has 0 saturated carbocycles. The fourth-order valence-corrected chi connectivity index (χ4v) is 10.2. The average Bonchev–Trinajstić information content (AvgIpc) is 3.82. The van der Waals surface area contributed by atoms with Crippen LogP contribution < -0.4 is 20.7 Å². The van der Waals surface area contributed by atoms with Crippen LogP contribution in [0.2, 0.25) is 0 Å². The molecule has 0 spiro atoms. The minimum atomic E-state index is -0.0580. The highest BCUT2D eigenvalue weighted by molar-refractivity contribution is 6.88. The predicted octanol–water partition coefficient (Wildman–Crippen LogP) is 12.9. The topological polar surface area (TPSA) is 16.3 Å². The van der Waals surface area contributed by atoms with Crippen LogP contribution in [-0.2, 0) is 6.42 Å². The molecule has 0 amide bonds. The van der Waals surface area contributed by atoms with E-state index >= 15 is 0 Å². The van der Waals surface area contributed by atoms with Gasteiger partial charge in [0.15, 0.2) is 0 Å². The summed E-state index contributed by atoms with van der Waals surface area (Å²) in [5.41, 5.74) is 18.4. The summed E-state index contributed by atoms with van der Waals surface area (Å²) < 4.78 is 5.27. The minimum absolute atomic E-state index is 0.0580. The first kappa shape index (κ1) is 34.5. The van der Waals surface area contributed by atoms with Crippen molar-refractivity contribution in [3.8, 4) is 5.69 Å². The standard InChI is InChI=1S/C55H41BN4/c1-38-19-18-29-46-45-28-14-16-31-52(45)60(54(38)46)56-49-30-15-17-32-53(49)59-51-34-33-43(57(39-20-6-2-7-21-39)40-22-8-3-9-23-40)35-47(51)48-36-44(37-50(56)55(48)59)58(41-24-10-4-11-25-41)42-26-12-5-13-27-42/h2-15,17-30,32-37H,16,31H2,1H3. The van der Waals surface area contributed by atoms with Gasteiger partial charge < -0.3 is 18.8 Å². The maximum atomic E-state index is 2.72. The van der Waals surface area contributed by atoms with Gasteiger partial charge in [-0.15, -0.1) is 0 Å². The zero-order valence-corrected chi connectivity index (χ0v) is 33.4. The summed E-state index contributed by atoms with van der Waals surface area (Å²) in [4.78, 5) is 4.80. The van der Waals surface area contributed by atoms with Gasteiger partial charge in [-0.05, 0) is 121 Å². The van der Waals surface area contributed by atoms with Crippen molar-refractivity contribution in [3.05, 3.63) is 217 Å². The molecule has 0 fully saturated rings. The van der Waals surface area contributed by atoms with E-state index in [1.165, 1.54) is 66.1 Å². The Kier molecular flexibility index (Phi) is 7.95. The fourth-order valence-electron chi connectivity index (χ4n) is 10.2. The first-order chi connectivity index (χ1) is 29.7. The number of aryl methyl sites for hydroxylation is 1. The van der Waals surface area contributed by atoms with Crippen LogP contribution >= 0.6 is 0 Å². The molecule has 60 heavy (non-hydrogen) atoms. The molecule has 284 valence electrons. The lowest BCUT2D eigenvalue weighted by Crippen LogP contribution is -2.54. The number of benzene rings is 8. The van der Waals surface area contributed by atoms with E-state index < -0.39 is 0 Å². The molecular formula is C55H41BN4. The molecule has 0 N–H and O–H groups in total. The van der Waals surface area contributed by atoms with E-state index in [0.29, 0.717) is 0 Å². The number of anilines is 6. The lowest BCUT2D eigenvalue weighted by molar-refractivity contribution is 0.920. The molecule has 1 aliphatic carbocycles. The van der Waals surface area contributed by atoms with Crippen molar-refractivity contribution < 1.29 is 0 Å². The van der Waals surface area contributed by atoms with Crippen LogP contribution in [0.25, 0.3) is 44.5 Å². The maximum absolute atomic E-state index is 2.72. The van der Waals surface area contributed by atoms with E-state index in [2.05, 4.69) is 232 Å². The molecule has 10 aromatic rings. The van der Waals surface area contributed by atoms with Gasteiger partial charge >= 0.3 is 6.85 Å². The van der Waals surface area contributed by atoms with E-state index in [1.54, 1.807) is 0 Å². The zero-order chi connectivity index (χ0) is 39.7. The quantitative estimate of drug-likeness (QED) is 0.150. The number of rotatable bonds is 7. The van der Waals surface area contributed by atoms with Gasteiger partial charge in [0.1, 0.15) is 0 Å². The molecule has 3 heterocycles. The van der Waals surface area contributed by atoms with Crippen LogP contribution in [0, 0.1) is 6.92 Å². The summed E-state index contributed by atoms with van der Waals surface area (Å²) in [5.74, 6) is 0. The number of hydrogen-bond donors (Lipinski definition) is 0. The van der Waals surface area contributed by atoms with Crippen molar-refractivity contribution in [2.24, 2.45) is 0 Å². The molecule has 0 saturated heterocycles. The second kappa shape index (κ2) is 13.8. The molecule has 0 bridgehead atoms. The molecule has 0 atom stereocenters. The summed E-state index contributed by atoms with van der Waals surface area (Å²) in [6, 6.07) is 71.1. The summed E-state index contributed by atoms with van der Waals surface area (Å²) in [5, 5.41) is 3.79. The summed E-state index contributed by atoms with van der Waals surface area (Å²) in [7, 11) is 0. The van der Waals surface area contributed by atoms with Gasteiger partial charge in [0.05, 0.1) is 11.0 Å². The van der Waals surface area contributed by atoms with E-state index in [-0.39, 0.29) is 6.85 Å². The van der Waals surface area contributed by atoms with Gasteiger partial charge in [-0.25, -0.2) is 0 Å². The van der Waals surface area contributed by atoms with Crippen LogP contribution in [0.4, 0.5) is 34.1 Å². The van der Waals surface area contributed by atoms with Gasteiger partial charge in [-0.2, -0.15) is 0 Å². The predicted molar refractivity (Wildman–Crippen MR) is 255 cm³/mol. The first-order valence-electron chi connectivity index (χ1n) is 21.0. The van der Waals surface area contributed by atoms with Crippen LogP contribution in [0.1, 0.15) is 23.2 Å². The average molecular weight is 769 g/mol. The Morgan fingerprint density at radius 3 is 1.70 bits per heavy atom. The van der Waals surface area contributed by atoms with Crippen molar-refractivity contribution in [1.29, 1.82) is 0 Å². The Morgan fingerprint density at radius 2 is 1.05 bits per heavy atom. The molecular weight excluding hydrogens is 727 g/mol. The number of allylic oxidation sites excluding steroid dienone is 1. The first-order valence-corrected chi connectivity index (χ1v) is 21.0. The Bertz CT molecular complexity index is 3200. The number of fused-ring (bicyclic) bond motifs is 8. The van der Waals surface area contributed by atoms with Crippen molar-refractivity contribution in [2.75, 3.05) is 9.80 Å². The SMILES string of the molecule is Cc1cccc2c3c(n(B4c5ccccc5-n5c6ccc(N(c7ccccc7)c7ccccc7)cc6c6cc(N(c7ccccc7)c7ccccc7)cc4c65)c12)CCC=C3. The van der Waals surface area contributed by atoms with E-state index in [4.69, 9.17) is 0 Å². The van der Waals surface area contributed by atoms with Crippen LogP contribution in [0.15, 0.2) is 200 Å². The van der Waals surface area contributed by atoms with Crippen molar-refractivity contribution in [2.45, 2.75) is 19.8 Å². The molecule has 0 radical (unpaired) electrons. The smallest absolute Gasteiger partial charge is 0.332 e. The highest BCUT2D eigenvalue weighted by atomic mass is 15.2. The number of para-hydroxylation sites is 6. The van der Waals surface area contributed by atoms with Gasteiger partial charge in [-0.1, -0.05) is 121 Å². The van der Waals surface area contributed by atoms with Crippen molar-refractivity contribution in [1.82, 2.24) is 9.05 Å². The third-order valence-electron chi connectivity index (χ3n) is 12.7.